The van der Waals surface area contributed by atoms with E-state index in [0.29, 0.717) is 0 Å². The summed E-state index contributed by atoms with van der Waals surface area (Å²) in [5.41, 5.74) is 5.34. The van der Waals surface area contributed by atoms with E-state index >= 15 is 0 Å². The number of benzene rings is 1. The Balaban J connectivity index is 3.02. The average Bonchev–Trinajstić information content (AvgIpc) is 2.09. The Hall–Kier alpha value is -1.14. The molecule has 3 N–H and O–H groups in total. The molecule has 0 aliphatic carbocycles. The third kappa shape index (κ3) is 3.49. The molecule has 0 aromatic heterocycles. The SMILES string of the molecule is NC(=S)Nc1c(Cl)cccc1OC(F)F. The summed E-state index contributed by atoms with van der Waals surface area (Å²) in [4.78, 5) is 0. The summed E-state index contributed by atoms with van der Waals surface area (Å²) in [7, 11) is 0. The van der Waals surface area contributed by atoms with Crippen LogP contribution in [0.3, 0.4) is 0 Å². The van der Waals surface area contributed by atoms with E-state index in [9.17, 15) is 8.78 Å². The van der Waals surface area contributed by atoms with Gasteiger partial charge in [0.25, 0.3) is 0 Å². The first-order chi connectivity index (χ1) is 7.00. The third-order valence-corrected chi connectivity index (χ3v) is 1.86. The number of hydrogen-bond donors (Lipinski definition) is 2. The number of rotatable bonds is 3. The summed E-state index contributed by atoms with van der Waals surface area (Å²) in [6.07, 6.45) is 0. The number of hydrogen-bond acceptors (Lipinski definition) is 2. The van der Waals surface area contributed by atoms with Crippen molar-refractivity contribution in [3.05, 3.63) is 23.2 Å². The maximum Gasteiger partial charge on any atom is 0.387 e. The van der Waals surface area contributed by atoms with Crippen molar-refractivity contribution in [2.75, 3.05) is 5.32 Å². The standard InChI is InChI=1S/C8H7ClF2N2OS/c9-4-2-1-3-5(14-7(10)11)6(4)13-8(12)15/h1-3,7H,(H3,12,13,15). The molecule has 0 aliphatic heterocycles. The van der Waals surface area contributed by atoms with Gasteiger partial charge in [-0.1, -0.05) is 17.7 Å². The first-order valence-electron chi connectivity index (χ1n) is 3.80. The first kappa shape index (κ1) is 11.9. The molecule has 0 saturated heterocycles. The summed E-state index contributed by atoms with van der Waals surface area (Å²) in [5, 5.41) is 2.58. The smallest absolute Gasteiger partial charge is 0.387 e. The maximum absolute atomic E-state index is 12.0. The van der Waals surface area contributed by atoms with Gasteiger partial charge in [-0.3, -0.25) is 0 Å². The second-order valence-electron chi connectivity index (χ2n) is 2.48. The molecule has 15 heavy (non-hydrogen) atoms. The lowest BCUT2D eigenvalue weighted by Crippen LogP contribution is -2.20. The summed E-state index contributed by atoms with van der Waals surface area (Å²) < 4.78 is 28.3. The number of para-hydroxylation sites is 1. The van der Waals surface area contributed by atoms with Crippen LogP contribution in [-0.4, -0.2) is 11.7 Å². The lowest BCUT2D eigenvalue weighted by molar-refractivity contribution is -0.0493. The minimum absolute atomic E-state index is 0.0813. The van der Waals surface area contributed by atoms with Gasteiger partial charge in [-0.15, -0.1) is 0 Å². The molecule has 3 nitrogen and oxygen atoms in total. The molecule has 0 radical (unpaired) electrons. The highest BCUT2D eigenvalue weighted by Crippen LogP contribution is 2.32. The van der Waals surface area contributed by atoms with Crippen molar-refractivity contribution in [1.82, 2.24) is 0 Å². The lowest BCUT2D eigenvalue weighted by atomic mass is 10.3. The number of thiocarbonyl (C=S) groups is 1. The number of alkyl halides is 2. The highest BCUT2D eigenvalue weighted by atomic mass is 35.5. The zero-order valence-electron chi connectivity index (χ0n) is 7.34. The van der Waals surface area contributed by atoms with Crippen LogP contribution in [0, 0.1) is 0 Å². The van der Waals surface area contributed by atoms with Crippen molar-refractivity contribution in [3.63, 3.8) is 0 Å². The van der Waals surface area contributed by atoms with Gasteiger partial charge in [-0.2, -0.15) is 8.78 Å². The minimum atomic E-state index is -2.93. The fourth-order valence-electron chi connectivity index (χ4n) is 0.943. The van der Waals surface area contributed by atoms with Gasteiger partial charge < -0.3 is 15.8 Å². The van der Waals surface area contributed by atoms with Crippen LogP contribution in [0.1, 0.15) is 0 Å². The number of nitrogens with one attached hydrogen (secondary N) is 1. The van der Waals surface area contributed by atoms with E-state index in [1.54, 1.807) is 0 Å². The molecule has 0 unspecified atom stereocenters. The summed E-state index contributed by atoms with van der Waals surface area (Å²) in [6.45, 7) is -2.93. The lowest BCUT2D eigenvalue weighted by Gasteiger charge is -2.12. The normalized spacial score (nSPS) is 10.1. The van der Waals surface area contributed by atoms with Gasteiger partial charge in [-0.25, -0.2) is 0 Å². The Kier molecular flexibility index (Phi) is 4.05. The Labute approximate surface area is 95.2 Å². The van der Waals surface area contributed by atoms with E-state index in [4.69, 9.17) is 17.3 Å². The molecule has 82 valence electrons. The van der Waals surface area contributed by atoms with E-state index < -0.39 is 6.61 Å². The van der Waals surface area contributed by atoms with Crippen LogP contribution in [0.2, 0.25) is 5.02 Å². The third-order valence-electron chi connectivity index (χ3n) is 1.44. The Morgan fingerprint density at radius 1 is 1.53 bits per heavy atom. The monoisotopic (exact) mass is 252 g/mol. The second kappa shape index (κ2) is 5.09. The molecule has 1 aromatic carbocycles. The minimum Gasteiger partial charge on any atom is -0.433 e. The van der Waals surface area contributed by atoms with E-state index in [1.165, 1.54) is 18.2 Å². The van der Waals surface area contributed by atoms with E-state index in [2.05, 4.69) is 22.3 Å². The largest absolute Gasteiger partial charge is 0.433 e. The molecule has 1 aromatic rings. The predicted molar refractivity (Wildman–Crippen MR) is 58.5 cm³/mol. The molecule has 7 heteroatoms. The van der Waals surface area contributed by atoms with Gasteiger partial charge in [0.15, 0.2) is 10.9 Å². The van der Waals surface area contributed by atoms with Gasteiger partial charge in [0.1, 0.15) is 5.69 Å². The first-order valence-corrected chi connectivity index (χ1v) is 4.59. The van der Waals surface area contributed by atoms with Crippen LogP contribution in [0.25, 0.3) is 0 Å². The van der Waals surface area contributed by atoms with Crippen LogP contribution >= 0.6 is 23.8 Å². The van der Waals surface area contributed by atoms with Gasteiger partial charge >= 0.3 is 6.61 Å². The highest BCUT2D eigenvalue weighted by Gasteiger charge is 2.12. The summed E-state index contributed by atoms with van der Waals surface area (Å²) in [5.74, 6) is -0.106. The van der Waals surface area contributed by atoms with Gasteiger partial charge in [-0.05, 0) is 24.4 Å². The number of nitrogens with two attached hydrogens (primary N) is 1. The van der Waals surface area contributed by atoms with Crippen molar-refractivity contribution >= 4 is 34.6 Å². The second-order valence-corrected chi connectivity index (χ2v) is 3.33. The topological polar surface area (TPSA) is 47.3 Å². The Bertz CT molecular complexity index is 376. The molecule has 0 bridgehead atoms. The fourth-order valence-corrected chi connectivity index (χ4v) is 1.26. The molecule has 0 heterocycles. The quantitative estimate of drug-likeness (QED) is 0.812. The molecule has 0 fully saturated rings. The number of anilines is 1. The maximum atomic E-state index is 12.0. The van der Waals surface area contributed by atoms with Crippen molar-refractivity contribution in [3.8, 4) is 5.75 Å². The van der Waals surface area contributed by atoms with Crippen LogP contribution < -0.4 is 15.8 Å². The van der Waals surface area contributed by atoms with Crippen molar-refractivity contribution in [1.29, 1.82) is 0 Å². The van der Waals surface area contributed by atoms with Gasteiger partial charge in [0.2, 0.25) is 0 Å². The molecule has 0 spiro atoms. The van der Waals surface area contributed by atoms with E-state index in [1.807, 2.05) is 0 Å². The Morgan fingerprint density at radius 3 is 2.73 bits per heavy atom. The predicted octanol–water partition coefficient (Wildman–Crippen LogP) is 2.60. The number of ether oxygens (including phenoxy) is 1. The van der Waals surface area contributed by atoms with Gasteiger partial charge in [0.05, 0.1) is 5.02 Å². The zero-order valence-corrected chi connectivity index (χ0v) is 8.91. The van der Waals surface area contributed by atoms with Gasteiger partial charge in [0, 0.05) is 0 Å². The molecule has 0 amide bonds. The molecular formula is C8H7ClF2N2OS. The summed E-state index contributed by atoms with van der Waals surface area (Å²) >= 11 is 10.3. The zero-order chi connectivity index (χ0) is 11.4. The molecule has 1 rings (SSSR count). The fraction of sp³-hybridized carbons (Fsp3) is 0.125. The highest BCUT2D eigenvalue weighted by molar-refractivity contribution is 7.80. The van der Waals surface area contributed by atoms with E-state index in [-0.39, 0.29) is 21.6 Å². The van der Waals surface area contributed by atoms with Crippen molar-refractivity contribution < 1.29 is 13.5 Å². The van der Waals surface area contributed by atoms with Crippen LogP contribution in [0.4, 0.5) is 14.5 Å². The molecule has 0 atom stereocenters. The summed E-state index contributed by atoms with van der Waals surface area (Å²) in [6, 6.07) is 4.31. The van der Waals surface area contributed by atoms with Crippen LogP contribution in [0.5, 0.6) is 5.75 Å². The molecular weight excluding hydrogens is 246 g/mol. The average molecular weight is 253 g/mol. The molecule has 0 saturated carbocycles. The number of halogens is 3. The molecule has 0 aliphatic rings. The van der Waals surface area contributed by atoms with Crippen LogP contribution in [-0.2, 0) is 0 Å². The Morgan fingerprint density at radius 2 is 2.20 bits per heavy atom. The van der Waals surface area contributed by atoms with Crippen molar-refractivity contribution in [2.24, 2.45) is 5.73 Å². The van der Waals surface area contributed by atoms with Crippen LogP contribution in [0.15, 0.2) is 18.2 Å². The van der Waals surface area contributed by atoms with E-state index in [0.717, 1.165) is 0 Å². The van der Waals surface area contributed by atoms with Crippen molar-refractivity contribution in [2.45, 2.75) is 6.61 Å².